The van der Waals surface area contributed by atoms with Gasteiger partial charge in [0.2, 0.25) is 0 Å². The number of carbonyl (C=O) groups is 1. The van der Waals surface area contributed by atoms with Crippen LogP contribution in [0.4, 0.5) is 4.39 Å². The Morgan fingerprint density at radius 2 is 2.23 bits per heavy atom. The zero-order chi connectivity index (χ0) is 10.0. The first-order chi connectivity index (χ1) is 6.06. The van der Waals surface area contributed by atoms with Crippen LogP contribution in [-0.4, -0.2) is 5.78 Å². The Kier molecular flexibility index (Phi) is 2.64. The quantitative estimate of drug-likeness (QED) is 0.650. The van der Waals surface area contributed by atoms with E-state index in [4.69, 9.17) is 16.9 Å². The maximum atomic E-state index is 13.0. The minimum absolute atomic E-state index is 0.0345. The molecule has 0 saturated carbocycles. The van der Waals surface area contributed by atoms with Crippen molar-refractivity contribution >= 4 is 17.4 Å². The summed E-state index contributed by atoms with van der Waals surface area (Å²) in [5.41, 5.74) is -0.0619. The molecule has 0 fully saturated rings. The summed E-state index contributed by atoms with van der Waals surface area (Å²) < 4.78 is 13.0. The minimum atomic E-state index is -0.764. The van der Waals surface area contributed by atoms with Crippen LogP contribution in [0.1, 0.15) is 22.8 Å². The third-order valence-electron chi connectivity index (χ3n) is 1.56. The van der Waals surface area contributed by atoms with Crippen LogP contribution in [0.15, 0.2) is 12.1 Å². The van der Waals surface area contributed by atoms with E-state index in [1.54, 1.807) is 6.07 Å². The van der Waals surface area contributed by atoms with Gasteiger partial charge in [-0.25, -0.2) is 4.39 Å². The Labute approximate surface area is 79.5 Å². The highest BCUT2D eigenvalue weighted by atomic mass is 35.5. The molecule has 0 unspecified atom stereocenters. The average molecular weight is 198 g/mol. The number of hydrogen-bond acceptors (Lipinski definition) is 2. The fourth-order valence-electron chi connectivity index (χ4n) is 0.883. The van der Waals surface area contributed by atoms with Gasteiger partial charge in [-0.3, -0.25) is 4.79 Å². The Morgan fingerprint density at radius 1 is 1.62 bits per heavy atom. The van der Waals surface area contributed by atoms with Gasteiger partial charge in [-0.1, -0.05) is 11.6 Å². The van der Waals surface area contributed by atoms with Gasteiger partial charge in [-0.05, 0) is 19.1 Å². The van der Waals surface area contributed by atoms with E-state index < -0.39 is 5.82 Å². The molecular formula is C9H5ClFNO. The Morgan fingerprint density at radius 3 is 2.62 bits per heavy atom. The first-order valence-electron chi connectivity index (χ1n) is 3.46. The fraction of sp³-hybridized carbons (Fsp3) is 0.111. The summed E-state index contributed by atoms with van der Waals surface area (Å²) in [7, 11) is 0. The molecule has 0 atom stereocenters. The van der Waals surface area contributed by atoms with Crippen LogP contribution in [0.5, 0.6) is 0 Å². The molecule has 0 radical (unpaired) electrons. The zero-order valence-electron chi connectivity index (χ0n) is 6.77. The molecule has 1 aromatic carbocycles. The number of benzene rings is 1. The van der Waals surface area contributed by atoms with Crippen molar-refractivity contribution in [3.63, 3.8) is 0 Å². The zero-order valence-corrected chi connectivity index (χ0v) is 7.52. The molecule has 13 heavy (non-hydrogen) atoms. The molecule has 0 N–H and O–H groups in total. The first-order valence-corrected chi connectivity index (χ1v) is 3.84. The molecule has 0 amide bonds. The summed E-state index contributed by atoms with van der Waals surface area (Å²) in [6.07, 6.45) is 0. The number of nitrogens with zero attached hydrogens (tertiary/aromatic N) is 1. The van der Waals surface area contributed by atoms with Crippen LogP contribution in [0.25, 0.3) is 0 Å². The Balaban J connectivity index is 3.39. The molecule has 66 valence electrons. The number of hydrogen-bond donors (Lipinski definition) is 0. The van der Waals surface area contributed by atoms with Gasteiger partial charge in [0.1, 0.15) is 17.4 Å². The lowest BCUT2D eigenvalue weighted by Crippen LogP contribution is -1.95. The van der Waals surface area contributed by atoms with Crippen molar-refractivity contribution in [2.45, 2.75) is 6.92 Å². The van der Waals surface area contributed by atoms with Crippen LogP contribution in [0.3, 0.4) is 0 Å². The van der Waals surface area contributed by atoms with E-state index in [1.165, 1.54) is 13.0 Å². The van der Waals surface area contributed by atoms with Crippen molar-refractivity contribution in [1.29, 1.82) is 5.26 Å². The van der Waals surface area contributed by atoms with Gasteiger partial charge < -0.3 is 0 Å². The predicted molar refractivity (Wildman–Crippen MR) is 46.1 cm³/mol. The standard InChI is InChI=1S/C9H5ClFNO/c1-5(13)6-2-8(10)7(4-12)9(11)3-6/h2-3H,1H3. The molecule has 2 nitrogen and oxygen atoms in total. The molecule has 1 rings (SSSR count). The summed E-state index contributed by atoms with van der Waals surface area (Å²) in [4.78, 5) is 10.8. The van der Waals surface area contributed by atoms with E-state index in [0.29, 0.717) is 0 Å². The second-order valence-electron chi connectivity index (χ2n) is 2.48. The highest BCUT2D eigenvalue weighted by Gasteiger charge is 2.10. The lowest BCUT2D eigenvalue weighted by Gasteiger charge is -1.99. The molecular weight excluding hydrogens is 193 g/mol. The van der Waals surface area contributed by atoms with E-state index in [9.17, 15) is 9.18 Å². The van der Waals surface area contributed by atoms with Gasteiger partial charge in [-0.15, -0.1) is 0 Å². The van der Waals surface area contributed by atoms with Crippen LogP contribution < -0.4 is 0 Å². The normalized spacial score (nSPS) is 9.38. The summed E-state index contributed by atoms with van der Waals surface area (Å²) in [5.74, 6) is -1.05. The molecule has 0 aromatic heterocycles. The maximum absolute atomic E-state index is 13.0. The molecule has 0 spiro atoms. The third-order valence-corrected chi connectivity index (χ3v) is 1.86. The summed E-state index contributed by atoms with van der Waals surface area (Å²) in [6, 6.07) is 3.90. The Bertz CT molecular complexity index is 386. The molecule has 0 aliphatic heterocycles. The fourth-order valence-corrected chi connectivity index (χ4v) is 1.13. The minimum Gasteiger partial charge on any atom is -0.295 e. The number of ketones is 1. The second-order valence-corrected chi connectivity index (χ2v) is 2.89. The third kappa shape index (κ3) is 1.85. The van der Waals surface area contributed by atoms with Gasteiger partial charge in [0.15, 0.2) is 5.78 Å². The monoisotopic (exact) mass is 197 g/mol. The van der Waals surface area contributed by atoms with Gasteiger partial charge in [0, 0.05) is 5.56 Å². The lowest BCUT2D eigenvalue weighted by molar-refractivity contribution is 0.101. The Hall–Kier alpha value is -1.40. The lowest BCUT2D eigenvalue weighted by atomic mass is 10.1. The van der Waals surface area contributed by atoms with Crippen LogP contribution in [-0.2, 0) is 0 Å². The van der Waals surface area contributed by atoms with Crippen LogP contribution in [0, 0.1) is 17.1 Å². The van der Waals surface area contributed by atoms with Crippen LogP contribution >= 0.6 is 11.6 Å². The van der Waals surface area contributed by atoms with Gasteiger partial charge in [-0.2, -0.15) is 5.26 Å². The average Bonchev–Trinajstić information content (AvgIpc) is 2.03. The molecule has 1 aromatic rings. The number of nitriles is 1. The van der Waals surface area contributed by atoms with Crippen LogP contribution in [0.2, 0.25) is 5.02 Å². The van der Waals surface area contributed by atoms with Crippen molar-refractivity contribution < 1.29 is 9.18 Å². The topological polar surface area (TPSA) is 40.9 Å². The summed E-state index contributed by atoms with van der Waals surface area (Å²) >= 11 is 5.56. The van der Waals surface area contributed by atoms with E-state index >= 15 is 0 Å². The first kappa shape index (κ1) is 9.69. The summed E-state index contributed by atoms with van der Waals surface area (Å²) in [6.45, 7) is 1.30. The molecule has 4 heteroatoms. The van der Waals surface area contributed by atoms with Crippen molar-refractivity contribution in [1.82, 2.24) is 0 Å². The van der Waals surface area contributed by atoms with E-state index in [2.05, 4.69) is 0 Å². The largest absolute Gasteiger partial charge is 0.295 e. The molecule has 0 aliphatic carbocycles. The van der Waals surface area contributed by atoms with Crippen molar-refractivity contribution in [2.75, 3.05) is 0 Å². The van der Waals surface area contributed by atoms with Gasteiger partial charge in [0.25, 0.3) is 0 Å². The van der Waals surface area contributed by atoms with Crippen molar-refractivity contribution in [3.05, 3.63) is 34.1 Å². The highest BCUT2D eigenvalue weighted by molar-refractivity contribution is 6.32. The van der Waals surface area contributed by atoms with E-state index in [1.807, 2.05) is 0 Å². The van der Waals surface area contributed by atoms with Crippen molar-refractivity contribution in [3.8, 4) is 6.07 Å². The van der Waals surface area contributed by atoms with Gasteiger partial charge >= 0.3 is 0 Å². The van der Waals surface area contributed by atoms with E-state index in [0.717, 1.165) is 6.07 Å². The number of carbonyl (C=O) groups excluding carboxylic acids is 1. The molecule has 0 aliphatic rings. The second kappa shape index (κ2) is 3.55. The highest BCUT2D eigenvalue weighted by Crippen LogP contribution is 2.20. The molecule has 0 heterocycles. The number of rotatable bonds is 1. The molecule has 0 bridgehead atoms. The maximum Gasteiger partial charge on any atom is 0.159 e. The number of Topliss-reactive ketones (excluding diaryl/α,β-unsaturated/α-hetero) is 1. The molecule has 0 saturated heterocycles. The van der Waals surface area contributed by atoms with Gasteiger partial charge in [0.05, 0.1) is 5.02 Å². The SMILES string of the molecule is CC(=O)c1cc(F)c(C#N)c(Cl)c1. The summed E-state index contributed by atoms with van der Waals surface area (Å²) in [5, 5.41) is 8.43. The smallest absolute Gasteiger partial charge is 0.159 e. The van der Waals surface area contributed by atoms with Crippen molar-refractivity contribution in [2.24, 2.45) is 0 Å². The van der Waals surface area contributed by atoms with E-state index in [-0.39, 0.29) is 21.9 Å². The predicted octanol–water partition coefficient (Wildman–Crippen LogP) is 2.55. The number of halogens is 2.